The summed E-state index contributed by atoms with van der Waals surface area (Å²) in [6.07, 6.45) is 12.4. The molecule has 3 rings (SSSR count). The van der Waals surface area contributed by atoms with E-state index in [0.717, 1.165) is 57.1 Å². The van der Waals surface area contributed by atoms with Gasteiger partial charge in [-0.3, -0.25) is 0 Å². The number of aliphatic hydroxyl groups excluding tert-OH is 1. The van der Waals surface area contributed by atoms with Gasteiger partial charge in [0, 0.05) is 56.4 Å². The predicted octanol–water partition coefficient (Wildman–Crippen LogP) is 6.66. The fourth-order valence-electron chi connectivity index (χ4n) is 5.20. The van der Waals surface area contributed by atoms with Crippen LogP contribution in [0.1, 0.15) is 89.2 Å². The van der Waals surface area contributed by atoms with Crippen molar-refractivity contribution in [2.75, 3.05) is 11.4 Å². The summed E-state index contributed by atoms with van der Waals surface area (Å²) in [5, 5.41) is 11.4. The smallest absolute Gasteiger partial charge is 0.0846 e. The van der Waals surface area contributed by atoms with Gasteiger partial charge in [0.05, 0.1) is 11.5 Å². The molecule has 2 fully saturated rings. The topological polar surface area (TPSA) is 23.5 Å². The van der Waals surface area contributed by atoms with E-state index in [4.69, 9.17) is 11.6 Å². The van der Waals surface area contributed by atoms with Gasteiger partial charge in [-0.2, -0.15) is 6.42 Å². The Hall–Kier alpha value is 0.374. The second-order valence-corrected chi connectivity index (χ2v) is 9.29. The molecule has 1 N–H and O–H groups in total. The molecule has 3 unspecified atom stereocenters. The molecular weight excluding hydrogens is 443 g/mol. The molecule has 28 heavy (non-hydrogen) atoms. The number of halogens is 1. The minimum Gasteiger partial charge on any atom is -0.388 e. The molecule has 155 valence electrons. The number of aliphatic hydroxyl groups is 1. The van der Waals surface area contributed by atoms with Crippen molar-refractivity contribution < 1.29 is 37.8 Å². The molecule has 1 radical (unpaired) electrons. The molecule has 1 heterocycles. The minimum atomic E-state index is -0.337. The average Bonchev–Trinajstić information content (AvgIpc) is 3.02. The van der Waals surface area contributed by atoms with Crippen LogP contribution in [0.25, 0.3) is 0 Å². The van der Waals surface area contributed by atoms with E-state index in [0.29, 0.717) is 6.04 Å². The van der Waals surface area contributed by atoms with Gasteiger partial charge in [-0.05, 0) is 49.8 Å². The Kier molecular flexibility index (Phi) is 10.3. The van der Waals surface area contributed by atoms with E-state index >= 15 is 0 Å². The number of hydrogen-bond acceptors (Lipinski definition) is 2. The third kappa shape index (κ3) is 5.54. The molecule has 0 bridgehead atoms. The Morgan fingerprint density at radius 1 is 1.29 bits per heavy atom. The van der Waals surface area contributed by atoms with Crippen LogP contribution in [0.3, 0.4) is 0 Å². The van der Waals surface area contributed by atoms with Crippen LogP contribution < -0.4 is 4.90 Å². The number of unbranched alkanes of at least 4 members (excludes halogenated alkanes) is 3. The molecule has 0 amide bonds. The zero-order chi connectivity index (χ0) is 19.3. The first kappa shape index (κ1) is 24.6. The molecule has 1 aromatic carbocycles. The van der Waals surface area contributed by atoms with Gasteiger partial charge in [0.1, 0.15) is 0 Å². The molecule has 1 saturated carbocycles. The van der Waals surface area contributed by atoms with Crippen LogP contribution in [0, 0.1) is 12.3 Å². The molecule has 2 nitrogen and oxygen atoms in total. The van der Waals surface area contributed by atoms with Crippen LogP contribution in [0.5, 0.6) is 0 Å². The summed E-state index contributed by atoms with van der Waals surface area (Å²) in [5.74, 6) is 0. The van der Waals surface area contributed by atoms with E-state index in [9.17, 15) is 5.11 Å². The van der Waals surface area contributed by atoms with Gasteiger partial charge in [0.15, 0.2) is 0 Å². The molecule has 1 aliphatic carbocycles. The standard InChI is InChI=1S/C24H37ClNO.Y/c1-3-5-6-7-12-22-21(25)13-17-26(22)20-11-8-10-19(18-20)23(27)24(14-4-2)15-9-16-24;/h8,10-11,18,21-23,27H,1,3-7,9,12-17H2,2H3;/q-1;. The Morgan fingerprint density at radius 3 is 2.71 bits per heavy atom. The van der Waals surface area contributed by atoms with Crippen molar-refractivity contribution in [2.45, 2.75) is 95.1 Å². The largest absolute Gasteiger partial charge is 0.388 e. The van der Waals surface area contributed by atoms with Crippen molar-refractivity contribution in [1.82, 2.24) is 0 Å². The summed E-state index contributed by atoms with van der Waals surface area (Å²) >= 11 is 6.68. The van der Waals surface area contributed by atoms with Gasteiger partial charge in [-0.1, -0.05) is 51.2 Å². The van der Waals surface area contributed by atoms with Crippen molar-refractivity contribution in [1.29, 1.82) is 0 Å². The Morgan fingerprint density at radius 2 is 2.07 bits per heavy atom. The molecular formula is C24H37ClNOY-. The van der Waals surface area contributed by atoms with Gasteiger partial charge in [0.2, 0.25) is 0 Å². The molecule has 0 spiro atoms. The summed E-state index contributed by atoms with van der Waals surface area (Å²) in [6.45, 7) is 7.19. The van der Waals surface area contributed by atoms with E-state index in [2.05, 4.69) is 43.0 Å². The third-order valence-corrected chi connectivity index (χ3v) is 7.42. The summed E-state index contributed by atoms with van der Waals surface area (Å²) in [5.41, 5.74) is 2.44. The van der Waals surface area contributed by atoms with Gasteiger partial charge < -0.3 is 16.9 Å². The summed E-state index contributed by atoms with van der Waals surface area (Å²) in [6, 6.07) is 9.08. The minimum absolute atomic E-state index is 0. The van der Waals surface area contributed by atoms with Crippen LogP contribution >= 0.6 is 11.6 Å². The maximum atomic E-state index is 11.2. The van der Waals surface area contributed by atoms with E-state index < -0.39 is 0 Å². The normalized spacial score (nSPS) is 24.5. The second kappa shape index (κ2) is 11.7. The van der Waals surface area contributed by atoms with Crippen molar-refractivity contribution in [2.24, 2.45) is 5.41 Å². The van der Waals surface area contributed by atoms with E-state index in [-0.39, 0.29) is 49.6 Å². The number of benzene rings is 1. The molecule has 1 aliphatic heterocycles. The van der Waals surface area contributed by atoms with Crippen molar-refractivity contribution in [3.8, 4) is 0 Å². The number of nitrogens with zero attached hydrogens (tertiary/aromatic N) is 1. The van der Waals surface area contributed by atoms with Gasteiger partial charge in [0.25, 0.3) is 0 Å². The SMILES string of the molecule is [CH2-]CCCCCC1C(Cl)CCN1c1cccc(C(O)C2(CCC)CCC2)c1.[Y]. The number of alkyl halides is 1. The Bertz CT molecular complexity index is 592. The fraction of sp³-hybridized carbons (Fsp3) is 0.708. The summed E-state index contributed by atoms with van der Waals surface area (Å²) < 4.78 is 0. The van der Waals surface area contributed by atoms with Crippen molar-refractivity contribution in [3.63, 3.8) is 0 Å². The first-order chi connectivity index (χ1) is 13.1. The Labute approximate surface area is 202 Å². The molecule has 1 aromatic rings. The zero-order valence-corrected chi connectivity index (χ0v) is 21.2. The third-order valence-electron chi connectivity index (χ3n) is 6.91. The maximum Gasteiger partial charge on any atom is 0.0846 e. The number of rotatable bonds is 10. The summed E-state index contributed by atoms with van der Waals surface area (Å²) in [7, 11) is 0. The van der Waals surface area contributed by atoms with Crippen LogP contribution in [0.2, 0.25) is 0 Å². The number of anilines is 1. The average molecular weight is 480 g/mol. The van der Waals surface area contributed by atoms with E-state index in [1.165, 1.54) is 31.4 Å². The van der Waals surface area contributed by atoms with E-state index in [1.54, 1.807) is 0 Å². The van der Waals surface area contributed by atoms with E-state index in [1.807, 2.05) is 0 Å². The molecule has 4 heteroatoms. The van der Waals surface area contributed by atoms with Crippen LogP contribution in [0.15, 0.2) is 24.3 Å². The monoisotopic (exact) mass is 479 g/mol. The molecule has 0 aromatic heterocycles. The van der Waals surface area contributed by atoms with Gasteiger partial charge in [-0.15, -0.1) is 11.6 Å². The van der Waals surface area contributed by atoms with Crippen LogP contribution in [0.4, 0.5) is 5.69 Å². The fourth-order valence-corrected chi connectivity index (χ4v) is 5.56. The number of hydrogen-bond donors (Lipinski definition) is 1. The first-order valence-electron chi connectivity index (χ1n) is 11.1. The van der Waals surface area contributed by atoms with Crippen LogP contribution in [-0.4, -0.2) is 23.1 Å². The second-order valence-electron chi connectivity index (χ2n) is 8.73. The van der Waals surface area contributed by atoms with Gasteiger partial charge >= 0.3 is 0 Å². The maximum absolute atomic E-state index is 11.2. The molecule has 1 saturated heterocycles. The Balaban J connectivity index is 0.00000280. The van der Waals surface area contributed by atoms with Crippen molar-refractivity contribution >= 4 is 17.3 Å². The zero-order valence-electron chi connectivity index (χ0n) is 17.6. The molecule has 3 atom stereocenters. The van der Waals surface area contributed by atoms with Crippen molar-refractivity contribution in [3.05, 3.63) is 36.8 Å². The predicted molar refractivity (Wildman–Crippen MR) is 116 cm³/mol. The van der Waals surface area contributed by atoms with Crippen LogP contribution in [-0.2, 0) is 32.7 Å². The quantitative estimate of drug-likeness (QED) is 0.230. The van der Waals surface area contributed by atoms with Gasteiger partial charge in [-0.25, -0.2) is 0 Å². The first-order valence-corrected chi connectivity index (χ1v) is 11.5. The summed E-state index contributed by atoms with van der Waals surface area (Å²) in [4.78, 5) is 2.49. The molecule has 2 aliphatic rings.